The van der Waals surface area contributed by atoms with E-state index in [2.05, 4.69) is 36.2 Å². The molecular formula is C24H30N8O2. The summed E-state index contributed by atoms with van der Waals surface area (Å²) in [6.45, 7) is 2.30. The summed E-state index contributed by atoms with van der Waals surface area (Å²) in [6.07, 6.45) is 9.44. The molecule has 1 amide bonds. The van der Waals surface area contributed by atoms with Gasteiger partial charge in [0.1, 0.15) is 11.3 Å². The molecule has 0 unspecified atom stereocenters. The van der Waals surface area contributed by atoms with E-state index < -0.39 is 0 Å². The lowest BCUT2D eigenvalue weighted by molar-refractivity contribution is -0.121. The maximum absolute atomic E-state index is 12.0. The zero-order valence-corrected chi connectivity index (χ0v) is 19.3. The van der Waals surface area contributed by atoms with E-state index in [0.29, 0.717) is 29.5 Å². The highest BCUT2D eigenvalue weighted by Gasteiger charge is 2.25. The van der Waals surface area contributed by atoms with Gasteiger partial charge in [-0.15, -0.1) is 0 Å². The number of ether oxygens (including phenoxy) is 1. The van der Waals surface area contributed by atoms with Crippen LogP contribution in [0, 0.1) is 11.8 Å². The van der Waals surface area contributed by atoms with Crippen LogP contribution in [0.2, 0.25) is 0 Å². The molecule has 1 saturated carbocycles. The van der Waals surface area contributed by atoms with Crippen LogP contribution >= 0.6 is 0 Å². The van der Waals surface area contributed by atoms with Gasteiger partial charge in [0, 0.05) is 37.3 Å². The number of carbonyl (C=O) groups excluding carboxylic acids is 1. The lowest BCUT2D eigenvalue weighted by Crippen LogP contribution is -2.48. The molecule has 10 heteroatoms. The summed E-state index contributed by atoms with van der Waals surface area (Å²) in [6, 6.07) is 6.40. The number of pyridine rings is 2. The van der Waals surface area contributed by atoms with Crippen molar-refractivity contribution in [2.75, 3.05) is 42.7 Å². The molecule has 178 valence electrons. The average molecular weight is 463 g/mol. The second-order valence-electron chi connectivity index (χ2n) is 8.97. The molecule has 1 aliphatic carbocycles. The summed E-state index contributed by atoms with van der Waals surface area (Å²) in [5.41, 5.74) is 1.41. The van der Waals surface area contributed by atoms with Gasteiger partial charge in [0.2, 0.25) is 17.7 Å². The van der Waals surface area contributed by atoms with Crippen LogP contribution in [0.4, 0.5) is 17.5 Å². The average Bonchev–Trinajstić information content (AvgIpc) is 2.83. The smallest absolute Gasteiger partial charge is 0.240 e. The molecule has 2 fully saturated rings. The molecule has 5 rings (SSSR count). The fourth-order valence-corrected chi connectivity index (χ4v) is 4.41. The van der Waals surface area contributed by atoms with Gasteiger partial charge in [0.15, 0.2) is 0 Å². The predicted octanol–water partition coefficient (Wildman–Crippen LogP) is 2.67. The van der Waals surface area contributed by atoms with Gasteiger partial charge >= 0.3 is 0 Å². The van der Waals surface area contributed by atoms with Crippen molar-refractivity contribution < 1.29 is 9.53 Å². The lowest BCUT2D eigenvalue weighted by Gasteiger charge is -2.29. The predicted molar refractivity (Wildman–Crippen MR) is 131 cm³/mol. The van der Waals surface area contributed by atoms with Crippen molar-refractivity contribution in [1.82, 2.24) is 25.3 Å². The molecule has 3 aromatic heterocycles. The standard InChI is InChI=1S/C24H30N8O2/c1-34-23-21-16(8-9-26-23)4-7-20(32-21)30-18-5-2-15(3-6-18)10-27-24-28-13-19(14-29-24)31-22(33)17-11-25-12-17/h4,7-9,13-15,17-18,25H,2-3,5-6,10-12H2,1H3,(H,30,32)(H,31,33)(H,27,28,29). The lowest BCUT2D eigenvalue weighted by atomic mass is 9.86. The fraction of sp³-hybridized carbons (Fsp3) is 0.458. The quantitative estimate of drug-likeness (QED) is 0.400. The Balaban J connectivity index is 1.07. The van der Waals surface area contributed by atoms with Gasteiger partial charge < -0.3 is 26.0 Å². The summed E-state index contributed by atoms with van der Waals surface area (Å²) >= 11 is 0. The van der Waals surface area contributed by atoms with E-state index >= 15 is 0 Å². The third kappa shape index (κ3) is 5.17. The Kier molecular flexibility index (Phi) is 6.66. The van der Waals surface area contributed by atoms with Crippen molar-refractivity contribution in [2.45, 2.75) is 31.7 Å². The Morgan fingerprint density at radius 1 is 1.09 bits per heavy atom. The molecule has 2 aliphatic rings. The molecular weight excluding hydrogens is 432 g/mol. The summed E-state index contributed by atoms with van der Waals surface area (Å²) < 4.78 is 5.35. The minimum Gasteiger partial charge on any atom is -0.479 e. The minimum absolute atomic E-state index is 0.0168. The number of carbonyl (C=O) groups is 1. The first kappa shape index (κ1) is 22.3. The highest BCUT2D eigenvalue weighted by molar-refractivity contribution is 5.93. The number of anilines is 3. The molecule has 0 bridgehead atoms. The highest BCUT2D eigenvalue weighted by atomic mass is 16.5. The molecule has 0 spiro atoms. The summed E-state index contributed by atoms with van der Waals surface area (Å²) in [4.78, 5) is 29.7. The molecule has 1 saturated heterocycles. The third-order valence-electron chi connectivity index (χ3n) is 6.59. The monoisotopic (exact) mass is 462 g/mol. The normalized spacial score (nSPS) is 20.4. The number of nitrogens with zero attached hydrogens (tertiary/aromatic N) is 4. The molecule has 4 heterocycles. The topological polar surface area (TPSA) is 126 Å². The van der Waals surface area contributed by atoms with Crippen LogP contribution in [0.15, 0.2) is 36.8 Å². The first-order valence-corrected chi connectivity index (χ1v) is 11.8. The van der Waals surface area contributed by atoms with Crippen molar-refractivity contribution in [2.24, 2.45) is 11.8 Å². The summed E-state index contributed by atoms with van der Waals surface area (Å²) in [5.74, 6) is 2.62. The molecule has 0 atom stereocenters. The largest absolute Gasteiger partial charge is 0.479 e. The maximum Gasteiger partial charge on any atom is 0.240 e. The van der Waals surface area contributed by atoms with Gasteiger partial charge in [0.25, 0.3) is 0 Å². The second-order valence-corrected chi connectivity index (χ2v) is 8.97. The summed E-state index contributed by atoms with van der Waals surface area (Å²) in [5, 5.41) is 13.9. The minimum atomic E-state index is 0.0168. The van der Waals surface area contributed by atoms with E-state index in [9.17, 15) is 4.79 Å². The van der Waals surface area contributed by atoms with Gasteiger partial charge in [-0.25, -0.2) is 19.9 Å². The summed E-state index contributed by atoms with van der Waals surface area (Å²) in [7, 11) is 1.62. The molecule has 10 nitrogen and oxygen atoms in total. The van der Waals surface area contributed by atoms with E-state index in [1.165, 1.54) is 0 Å². The van der Waals surface area contributed by atoms with Crippen LogP contribution in [-0.4, -0.2) is 58.6 Å². The van der Waals surface area contributed by atoms with Crippen molar-refractivity contribution in [3.63, 3.8) is 0 Å². The first-order chi connectivity index (χ1) is 16.7. The number of nitrogens with one attached hydrogen (secondary N) is 4. The molecule has 0 aromatic carbocycles. The number of aromatic nitrogens is 4. The van der Waals surface area contributed by atoms with Crippen molar-refractivity contribution in [3.05, 3.63) is 36.8 Å². The van der Waals surface area contributed by atoms with Crippen LogP contribution in [0.1, 0.15) is 25.7 Å². The zero-order valence-electron chi connectivity index (χ0n) is 19.3. The Hall–Kier alpha value is -3.53. The van der Waals surface area contributed by atoms with Gasteiger partial charge in [-0.2, -0.15) is 0 Å². The molecule has 3 aromatic rings. The van der Waals surface area contributed by atoms with Crippen LogP contribution in [0.5, 0.6) is 5.88 Å². The Morgan fingerprint density at radius 3 is 2.59 bits per heavy atom. The van der Waals surface area contributed by atoms with E-state index in [1.54, 1.807) is 25.7 Å². The van der Waals surface area contributed by atoms with Crippen LogP contribution < -0.4 is 26.0 Å². The van der Waals surface area contributed by atoms with Crippen LogP contribution in [-0.2, 0) is 4.79 Å². The van der Waals surface area contributed by atoms with Crippen molar-refractivity contribution >= 4 is 34.3 Å². The second kappa shape index (κ2) is 10.2. The zero-order chi connectivity index (χ0) is 23.3. The van der Waals surface area contributed by atoms with Crippen LogP contribution in [0.25, 0.3) is 10.9 Å². The Morgan fingerprint density at radius 2 is 1.88 bits per heavy atom. The SMILES string of the molecule is COc1nccc2ccc(NC3CCC(CNc4ncc(NC(=O)C5CNC5)cn4)CC3)nc12. The first-order valence-electron chi connectivity index (χ1n) is 11.8. The number of methoxy groups -OCH3 is 1. The number of fused-ring (bicyclic) bond motifs is 1. The van der Waals surface area contributed by atoms with Crippen molar-refractivity contribution in [3.8, 4) is 5.88 Å². The van der Waals surface area contributed by atoms with E-state index in [0.717, 1.165) is 62.0 Å². The number of amides is 1. The van der Waals surface area contributed by atoms with Crippen LogP contribution in [0.3, 0.4) is 0 Å². The third-order valence-corrected chi connectivity index (χ3v) is 6.59. The van der Waals surface area contributed by atoms with E-state index in [4.69, 9.17) is 9.72 Å². The van der Waals surface area contributed by atoms with Gasteiger partial charge in [-0.3, -0.25) is 4.79 Å². The van der Waals surface area contributed by atoms with Gasteiger partial charge in [-0.05, 0) is 49.8 Å². The van der Waals surface area contributed by atoms with E-state index in [1.807, 2.05) is 18.2 Å². The highest BCUT2D eigenvalue weighted by Crippen LogP contribution is 2.28. The number of hydrogen-bond acceptors (Lipinski definition) is 9. The molecule has 0 radical (unpaired) electrons. The van der Waals surface area contributed by atoms with Crippen molar-refractivity contribution in [1.29, 1.82) is 0 Å². The molecule has 34 heavy (non-hydrogen) atoms. The molecule has 4 N–H and O–H groups in total. The maximum atomic E-state index is 12.0. The van der Waals surface area contributed by atoms with Gasteiger partial charge in [0.05, 0.1) is 31.1 Å². The fourth-order valence-electron chi connectivity index (χ4n) is 4.41. The molecule has 1 aliphatic heterocycles. The van der Waals surface area contributed by atoms with E-state index in [-0.39, 0.29) is 11.8 Å². The van der Waals surface area contributed by atoms with Gasteiger partial charge in [-0.1, -0.05) is 0 Å². The Bertz CT molecular complexity index is 1130. The number of rotatable bonds is 8. The Labute approximate surface area is 198 Å². The number of hydrogen-bond donors (Lipinski definition) is 4.